The molecule has 0 unspecified atom stereocenters. The number of H-pyrrole nitrogens is 2. The summed E-state index contributed by atoms with van der Waals surface area (Å²) < 4.78 is 0. The first-order chi connectivity index (χ1) is 19.9. The second kappa shape index (κ2) is 10.3. The maximum Gasteiger partial charge on any atom is 0.251 e. The van der Waals surface area contributed by atoms with E-state index in [1.165, 1.54) is 72.2 Å². The Morgan fingerprint density at radius 1 is 1.05 bits per heavy atom. The van der Waals surface area contributed by atoms with Crippen LogP contribution in [0.4, 0.5) is 0 Å². The Morgan fingerprint density at radius 2 is 1.85 bits per heavy atom. The third-order valence-corrected chi connectivity index (χ3v) is 9.98. The van der Waals surface area contributed by atoms with Gasteiger partial charge in [0, 0.05) is 54.1 Å². The molecule has 1 atom stereocenters. The van der Waals surface area contributed by atoms with Crippen molar-refractivity contribution in [3.63, 3.8) is 0 Å². The highest BCUT2D eigenvalue weighted by atomic mass is 16.1. The van der Waals surface area contributed by atoms with Crippen LogP contribution >= 0.6 is 0 Å². The second-order valence-electron chi connectivity index (χ2n) is 13.1. The number of piperidine rings is 1. The number of aromatic amines is 2. The molecule has 1 spiro atoms. The van der Waals surface area contributed by atoms with Crippen LogP contribution in [0.2, 0.25) is 0 Å². The first-order valence-electron chi connectivity index (χ1n) is 15.3. The third-order valence-electron chi connectivity index (χ3n) is 9.98. The fourth-order valence-electron chi connectivity index (χ4n) is 7.81. The summed E-state index contributed by atoms with van der Waals surface area (Å²) in [7, 11) is 0. The molecule has 3 fully saturated rings. The number of fused-ring (bicyclic) bond motifs is 1. The molecule has 6 nitrogen and oxygen atoms in total. The predicted molar refractivity (Wildman–Crippen MR) is 163 cm³/mol. The molecule has 2 aromatic carbocycles. The van der Waals surface area contributed by atoms with E-state index in [0.717, 1.165) is 24.6 Å². The van der Waals surface area contributed by atoms with E-state index >= 15 is 0 Å². The molecule has 2 aromatic heterocycles. The van der Waals surface area contributed by atoms with E-state index in [1.807, 2.05) is 12.1 Å². The van der Waals surface area contributed by atoms with Crippen LogP contribution in [-0.2, 0) is 13.1 Å². The van der Waals surface area contributed by atoms with Gasteiger partial charge in [-0.3, -0.25) is 14.5 Å². The van der Waals surface area contributed by atoms with Gasteiger partial charge in [0.2, 0.25) is 5.56 Å². The average Bonchev–Trinajstić information content (AvgIpc) is 3.69. The van der Waals surface area contributed by atoms with Gasteiger partial charge in [-0.2, -0.15) is 0 Å². The van der Waals surface area contributed by atoms with Crippen LogP contribution in [0, 0.1) is 18.3 Å². The molecular formula is C35H40N4O2. The van der Waals surface area contributed by atoms with Crippen LogP contribution in [-0.4, -0.2) is 27.3 Å². The van der Waals surface area contributed by atoms with Gasteiger partial charge in [0.1, 0.15) is 0 Å². The summed E-state index contributed by atoms with van der Waals surface area (Å²) in [5.74, 6) is 1.43. The van der Waals surface area contributed by atoms with E-state index in [9.17, 15) is 9.59 Å². The van der Waals surface area contributed by atoms with E-state index in [-0.39, 0.29) is 11.5 Å². The number of likely N-dealkylation sites (tertiary alicyclic amines) is 1. The zero-order valence-corrected chi connectivity index (χ0v) is 24.1. The van der Waals surface area contributed by atoms with Gasteiger partial charge in [-0.1, -0.05) is 31.2 Å². The smallest absolute Gasteiger partial charge is 0.251 e. The van der Waals surface area contributed by atoms with Crippen molar-refractivity contribution in [2.45, 2.75) is 77.4 Å². The Bertz CT molecular complexity index is 1620. The molecular weight excluding hydrogens is 508 g/mol. The Kier molecular flexibility index (Phi) is 6.61. The van der Waals surface area contributed by atoms with Gasteiger partial charge < -0.3 is 15.3 Å². The largest absolute Gasteiger partial charge is 0.361 e. The zero-order chi connectivity index (χ0) is 28.1. The molecule has 1 amide bonds. The fourth-order valence-corrected chi connectivity index (χ4v) is 7.81. The minimum atomic E-state index is -0.144. The lowest BCUT2D eigenvalue weighted by molar-refractivity contribution is -0.0396. The summed E-state index contributed by atoms with van der Waals surface area (Å²) in [6, 6.07) is 16.6. The fraction of sp³-hybridized carbons (Fsp3) is 0.429. The number of carbonyl (C=O) groups is 1. The molecule has 41 heavy (non-hydrogen) atoms. The van der Waals surface area contributed by atoms with Crippen LogP contribution in [0.5, 0.6) is 0 Å². The van der Waals surface area contributed by atoms with E-state index in [0.29, 0.717) is 29.5 Å². The summed E-state index contributed by atoms with van der Waals surface area (Å²) in [6.45, 7) is 7.09. The maximum absolute atomic E-state index is 12.9. The van der Waals surface area contributed by atoms with Gasteiger partial charge in [0.05, 0.1) is 0 Å². The summed E-state index contributed by atoms with van der Waals surface area (Å²) >= 11 is 0. The van der Waals surface area contributed by atoms with Crippen LogP contribution in [0.3, 0.4) is 0 Å². The van der Waals surface area contributed by atoms with Crippen LogP contribution in [0.1, 0.15) is 95.6 Å². The van der Waals surface area contributed by atoms with Gasteiger partial charge in [0.25, 0.3) is 5.91 Å². The molecule has 4 aromatic rings. The van der Waals surface area contributed by atoms with Crippen LogP contribution < -0.4 is 10.9 Å². The number of carbonyl (C=O) groups excluding carboxylic acids is 1. The molecule has 6 heteroatoms. The molecule has 1 saturated heterocycles. The molecule has 2 aliphatic carbocycles. The van der Waals surface area contributed by atoms with Gasteiger partial charge in [0.15, 0.2) is 0 Å². The molecule has 7 rings (SSSR count). The number of nitrogens with zero attached hydrogens (tertiary/aromatic N) is 1. The van der Waals surface area contributed by atoms with Crippen molar-refractivity contribution in [3.05, 3.63) is 105 Å². The van der Waals surface area contributed by atoms with Crippen molar-refractivity contribution in [2.24, 2.45) is 11.3 Å². The number of aryl methyl sites for hydroxylation is 1. The monoisotopic (exact) mass is 548 g/mol. The molecule has 3 aliphatic rings. The Balaban J connectivity index is 1.14. The lowest BCUT2D eigenvalue weighted by Crippen LogP contribution is -2.47. The van der Waals surface area contributed by atoms with E-state index in [1.54, 1.807) is 17.8 Å². The molecule has 0 radical (unpaired) electrons. The third kappa shape index (κ3) is 5.14. The van der Waals surface area contributed by atoms with Crippen molar-refractivity contribution < 1.29 is 4.79 Å². The molecule has 1 aliphatic heterocycles. The number of hydrogen-bond acceptors (Lipinski definition) is 3. The minimum Gasteiger partial charge on any atom is -0.361 e. The normalized spacial score (nSPS) is 24.4. The number of hydrogen-bond donors (Lipinski definition) is 3. The maximum atomic E-state index is 12.9. The summed E-state index contributed by atoms with van der Waals surface area (Å²) in [6.07, 6.45) is 11.5. The van der Waals surface area contributed by atoms with Crippen LogP contribution in [0.25, 0.3) is 10.9 Å². The van der Waals surface area contributed by atoms with Crippen molar-refractivity contribution in [3.8, 4) is 0 Å². The van der Waals surface area contributed by atoms with Crippen molar-refractivity contribution in [1.82, 2.24) is 20.2 Å². The SMILES string of the molecule is Cc1cc(C2CC2)c(CN2CCC3(CC(C)C3)C[C@H]2c2ccc(C(=O)NCc3ccc(=O)[nH]c3)cc2)c2cc[nH]c12. The number of amides is 1. The predicted octanol–water partition coefficient (Wildman–Crippen LogP) is 6.73. The first-order valence-corrected chi connectivity index (χ1v) is 15.3. The average molecular weight is 549 g/mol. The highest BCUT2D eigenvalue weighted by molar-refractivity contribution is 5.94. The van der Waals surface area contributed by atoms with Crippen molar-refractivity contribution in [1.29, 1.82) is 0 Å². The standard InChI is InChI=1S/C35H40N4O2/c1-22-16-35(17-22)12-14-39(21-30-28-11-13-36-33(28)23(2)15-29(30)25-4-5-25)31(18-35)26-6-8-27(9-7-26)34(41)38-20-24-3-10-32(40)37-19-24/h3,6-11,13,15,19,22,25,31,36H,4-5,12,14,16-18,20-21H2,1-2H3,(H,37,40)(H,38,41)/t22?,31-,35?/m0/s1. The molecule has 212 valence electrons. The molecule has 3 N–H and O–H groups in total. The topological polar surface area (TPSA) is 81.0 Å². The summed E-state index contributed by atoms with van der Waals surface area (Å²) in [5, 5.41) is 4.37. The van der Waals surface area contributed by atoms with Crippen molar-refractivity contribution in [2.75, 3.05) is 6.54 Å². The van der Waals surface area contributed by atoms with Crippen molar-refractivity contribution >= 4 is 16.8 Å². The Hall–Kier alpha value is -3.64. The second-order valence-corrected chi connectivity index (χ2v) is 13.1. The number of aromatic nitrogens is 2. The van der Waals surface area contributed by atoms with Gasteiger partial charge in [-0.05, 0) is 115 Å². The van der Waals surface area contributed by atoms with E-state index in [2.05, 4.69) is 64.5 Å². The highest BCUT2D eigenvalue weighted by Gasteiger charge is 2.47. The number of pyridine rings is 1. The first kappa shape index (κ1) is 26.3. The molecule has 3 heterocycles. The molecule has 2 saturated carbocycles. The summed E-state index contributed by atoms with van der Waals surface area (Å²) in [5.41, 5.74) is 8.85. The van der Waals surface area contributed by atoms with Crippen LogP contribution in [0.15, 0.2) is 65.7 Å². The minimum absolute atomic E-state index is 0.101. The number of nitrogens with one attached hydrogen (secondary N) is 3. The molecule has 0 bridgehead atoms. The highest BCUT2D eigenvalue weighted by Crippen LogP contribution is 2.57. The zero-order valence-electron chi connectivity index (χ0n) is 24.1. The summed E-state index contributed by atoms with van der Waals surface area (Å²) in [4.78, 5) is 33.1. The number of rotatable bonds is 7. The van der Waals surface area contributed by atoms with E-state index in [4.69, 9.17) is 0 Å². The lowest BCUT2D eigenvalue weighted by Gasteiger charge is -2.54. The van der Waals surface area contributed by atoms with E-state index < -0.39 is 0 Å². The Labute approximate surface area is 241 Å². The Morgan fingerprint density at radius 3 is 2.56 bits per heavy atom. The van der Waals surface area contributed by atoms with Gasteiger partial charge in [-0.15, -0.1) is 0 Å². The lowest BCUT2D eigenvalue weighted by atomic mass is 9.56. The number of benzene rings is 2. The van der Waals surface area contributed by atoms with Gasteiger partial charge >= 0.3 is 0 Å². The quantitative estimate of drug-likeness (QED) is 0.240. The van der Waals surface area contributed by atoms with Gasteiger partial charge in [-0.25, -0.2) is 0 Å².